The lowest BCUT2D eigenvalue weighted by molar-refractivity contribution is -0.0231. The zero-order chi connectivity index (χ0) is 21.2. The molecule has 2 heteroatoms. The highest BCUT2D eigenvalue weighted by Crippen LogP contribution is 2.63. The van der Waals surface area contributed by atoms with Gasteiger partial charge in [-0.1, -0.05) is 32.9 Å². The van der Waals surface area contributed by atoms with Crippen molar-refractivity contribution in [3.63, 3.8) is 0 Å². The number of fused-ring (bicyclic) bond motifs is 3. The number of aliphatic hydroxyl groups is 1. The molecule has 2 fully saturated rings. The van der Waals surface area contributed by atoms with Crippen LogP contribution in [0.1, 0.15) is 98.8 Å². The normalized spacial score (nSPS) is 42.2. The Morgan fingerprint density at radius 1 is 1.07 bits per heavy atom. The van der Waals surface area contributed by atoms with Gasteiger partial charge in [0.25, 0.3) is 0 Å². The SMILES string of the molecule is CNC(C)(C)CCC(C)C1CCC2C3CC=CCC(O)CCC(C)C3CCC12C. The van der Waals surface area contributed by atoms with E-state index in [-0.39, 0.29) is 11.6 Å². The predicted molar refractivity (Wildman–Crippen MR) is 125 cm³/mol. The third kappa shape index (κ3) is 5.12. The zero-order valence-electron chi connectivity index (χ0n) is 20.2. The minimum Gasteiger partial charge on any atom is -0.393 e. The first-order valence-corrected chi connectivity index (χ1v) is 12.7. The summed E-state index contributed by atoms with van der Waals surface area (Å²) in [5.41, 5.74) is 0.799. The molecule has 0 aromatic carbocycles. The second kappa shape index (κ2) is 9.43. The van der Waals surface area contributed by atoms with E-state index in [0.29, 0.717) is 5.41 Å². The Morgan fingerprint density at radius 3 is 2.52 bits per heavy atom. The molecule has 0 radical (unpaired) electrons. The van der Waals surface area contributed by atoms with Crippen molar-refractivity contribution in [3.8, 4) is 0 Å². The van der Waals surface area contributed by atoms with E-state index in [4.69, 9.17) is 0 Å². The molecule has 0 aromatic heterocycles. The molecule has 8 unspecified atom stereocenters. The van der Waals surface area contributed by atoms with Crippen LogP contribution < -0.4 is 5.32 Å². The smallest absolute Gasteiger partial charge is 0.0574 e. The van der Waals surface area contributed by atoms with E-state index in [0.717, 1.165) is 48.3 Å². The Labute approximate surface area is 181 Å². The van der Waals surface area contributed by atoms with Crippen LogP contribution >= 0.6 is 0 Å². The van der Waals surface area contributed by atoms with Gasteiger partial charge in [-0.2, -0.15) is 0 Å². The molecule has 168 valence electrons. The summed E-state index contributed by atoms with van der Waals surface area (Å²) in [6.07, 6.45) is 17.2. The minimum absolute atomic E-state index is 0.127. The molecule has 8 atom stereocenters. The summed E-state index contributed by atoms with van der Waals surface area (Å²) in [5.74, 6) is 5.12. The van der Waals surface area contributed by atoms with Crippen molar-refractivity contribution in [2.24, 2.45) is 40.9 Å². The third-order valence-corrected chi connectivity index (χ3v) is 9.82. The zero-order valence-corrected chi connectivity index (χ0v) is 20.2. The molecule has 0 spiro atoms. The van der Waals surface area contributed by atoms with Crippen LogP contribution in [0.2, 0.25) is 0 Å². The second-order valence-corrected chi connectivity index (χ2v) is 12.0. The molecule has 3 aliphatic carbocycles. The summed E-state index contributed by atoms with van der Waals surface area (Å²) in [7, 11) is 2.10. The lowest BCUT2D eigenvalue weighted by atomic mass is 9.53. The number of allylic oxidation sites excluding steroid dienone is 1. The van der Waals surface area contributed by atoms with E-state index in [1.807, 2.05) is 0 Å². The topological polar surface area (TPSA) is 32.3 Å². The van der Waals surface area contributed by atoms with Gasteiger partial charge < -0.3 is 10.4 Å². The molecular weight excluding hydrogens is 354 g/mol. The van der Waals surface area contributed by atoms with Crippen LogP contribution in [0.25, 0.3) is 0 Å². The van der Waals surface area contributed by atoms with Gasteiger partial charge in [-0.05, 0) is 126 Å². The summed E-state index contributed by atoms with van der Waals surface area (Å²) < 4.78 is 0. The standard InChI is InChI=1S/C27H49NO/c1-19-11-12-21(29)9-7-8-10-23-22(19)16-18-27(5)24(13-14-25(23)27)20(2)15-17-26(3,4)28-6/h7-8,19-25,28-29H,9-18H2,1-6H3. The molecule has 0 aliphatic heterocycles. The number of nitrogens with one attached hydrogen (secondary N) is 1. The van der Waals surface area contributed by atoms with E-state index in [2.05, 4.69) is 59.1 Å². The number of hydrogen-bond acceptors (Lipinski definition) is 2. The molecule has 3 rings (SSSR count). The fraction of sp³-hybridized carbons (Fsp3) is 0.926. The summed E-state index contributed by atoms with van der Waals surface area (Å²) in [6, 6.07) is 0. The molecule has 0 heterocycles. The van der Waals surface area contributed by atoms with E-state index >= 15 is 0 Å². The summed E-state index contributed by atoms with van der Waals surface area (Å²) >= 11 is 0. The maximum absolute atomic E-state index is 10.2. The molecule has 3 aliphatic rings. The van der Waals surface area contributed by atoms with E-state index < -0.39 is 0 Å². The molecule has 0 saturated heterocycles. The van der Waals surface area contributed by atoms with Crippen molar-refractivity contribution in [2.75, 3.05) is 7.05 Å². The van der Waals surface area contributed by atoms with Crippen LogP contribution in [-0.2, 0) is 0 Å². The maximum Gasteiger partial charge on any atom is 0.0574 e. The number of rotatable bonds is 5. The Hall–Kier alpha value is -0.340. The Morgan fingerprint density at radius 2 is 1.79 bits per heavy atom. The summed E-state index contributed by atoms with van der Waals surface area (Å²) in [4.78, 5) is 0. The van der Waals surface area contributed by atoms with E-state index in [1.54, 1.807) is 0 Å². The van der Waals surface area contributed by atoms with Gasteiger partial charge in [0.15, 0.2) is 0 Å². The van der Waals surface area contributed by atoms with Crippen LogP contribution in [0.15, 0.2) is 12.2 Å². The maximum atomic E-state index is 10.2. The van der Waals surface area contributed by atoms with Crippen LogP contribution in [0.4, 0.5) is 0 Å². The average Bonchev–Trinajstić information content (AvgIpc) is 3.04. The lowest BCUT2D eigenvalue weighted by Crippen LogP contribution is -2.44. The van der Waals surface area contributed by atoms with Crippen molar-refractivity contribution >= 4 is 0 Å². The first-order valence-electron chi connectivity index (χ1n) is 12.7. The molecule has 2 N–H and O–H groups in total. The highest BCUT2D eigenvalue weighted by molar-refractivity contribution is 5.06. The molecule has 2 saturated carbocycles. The first kappa shape index (κ1) is 23.3. The monoisotopic (exact) mass is 403 g/mol. The largest absolute Gasteiger partial charge is 0.393 e. The van der Waals surface area contributed by atoms with Gasteiger partial charge in [0, 0.05) is 5.54 Å². The van der Waals surface area contributed by atoms with Crippen molar-refractivity contribution in [1.82, 2.24) is 5.32 Å². The molecule has 0 aromatic rings. The van der Waals surface area contributed by atoms with Gasteiger partial charge >= 0.3 is 0 Å². The highest BCUT2D eigenvalue weighted by atomic mass is 16.3. The van der Waals surface area contributed by atoms with Crippen molar-refractivity contribution in [2.45, 2.75) is 110 Å². The van der Waals surface area contributed by atoms with Gasteiger partial charge in [0.1, 0.15) is 0 Å². The van der Waals surface area contributed by atoms with Gasteiger partial charge in [-0.15, -0.1) is 0 Å². The van der Waals surface area contributed by atoms with Crippen LogP contribution in [0, 0.1) is 40.9 Å². The second-order valence-electron chi connectivity index (χ2n) is 12.0. The molecular formula is C27H49NO. The average molecular weight is 404 g/mol. The van der Waals surface area contributed by atoms with Crippen LogP contribution in [0.5, 0.6) is 0 Å². The van der Waals surface area contributed by atoms with Gasteiger partial charge in [-0.25, -0.2) is 0 Å². The number of aliphatic hydroxyl groups excluding tert-OH is 1. The van der Waals surface area contributed by atoms with E-state index in [1.165, 1.54) is 51.4 Å². The van der Waals surface area contributed by atoms with Crippen molar-refractivity contribution in [1.29, 1.82) is 0 Å². The van der Waals surface area contributed by atoms with Gasteiger partial charge in [0.05, 0.1) is 6.10 Å². The quantitative estimate of drug-likeness (QED) is 0.508. The number of hydrogen-bond donors (Lipinski definition) is 2. The molecule has 2 nitrogen and oxygen atoms in total. The first-order chi connectivity index (χ1) is 13.7. The lowest BCUT2D eigenvalue weighted by Gasteiger charge is -2.51. The molecule has 0 amide bonds. The highest BCUT2D eigenvalue weighted by Gasteiger charge is 2.54. The van der Waals surface area contributed by atoms with Crippen molar-refractivity contribution in [3.05, 3.63) is 12.2 Å². The van der Waals surface area contributed by atoms with E-state index in [9.17, 15) is 5.11 Å². The summed E-state index contributed by atoms with van der Waals surface area (Å²) in [5, 5.41) is 13.7. The van der Waals surface area contributed by atoms with Gasteiger partial charge in [0.2, 0.25) is 0 Å². The summed E-state index contributed by atoms with van der Waals surface area (Å²) in [6.45, 7) is 12.4. The Balaban J connectivity index is 1.73. The fourth-order valence-corrected chi connectivity index (χ4v) is 7.55. The predicted octanol–water partition coefficient (Wildman–Crippen LogP) is 6.59. The van der Waals surface area contributed by atoms with Crippen LogP contribution in [-0.4, -0.2) is 23.8 Å². The van der Waals surface area contributed by atoms with Gasteiger partial charge in [-0.3, -0.25) is 0 Å². The Kier molecular flexibility index (Phi) is 7.58. The third-order valence-electron chi connectivity index (χ3n) is 9.82. The Bertz CT molecular complexity index is 555. The van der Waals surface area contributed by atoms with Crippen LogP contribution in [0.3, 0.4) is 0 Å². The minimum atomic E-state index is -0.127. The molecule has 0 bridgehead atoms. The van der Waals surface area contributed by atoms with Crippen molar-refractivity contribution < 1.29 is 5.11 Å². The molecule has 29 heavy (non-hydrogen) atoms. The fourth-order valence-electron chi connectivity index (χ4n) is 7.55.